The third kappa shape index (κ3) is 7.64. The number of nitrogens with zero attached hydrogens (tertiary/aromatic N) is 3. The van der Waals surface area contributed by atoms with Gasteiger partial charge in [-0.25, -0.2) is 0 Å². The average Bonchev–Trinajstić information content (AvgIpc) is 4.05. The Bertz CT molecular complexity index is 4060. The SMILES string of the molecule is CC(C)(C)c1ccc(N2c3ccc(C(C)(C)C)cc3B3c4sc5cc6c(cc5c4N(c4ccc(C(C)(C)C)cc4)c4cc(-n5c7ccc(C(C)(C)C)cc7c7cc(C(C)(C)C)ccc75)cc2c43)-c2ccccc2C6(C)C)cc1. The Kier molecular flexibility index (Phi) is 10.8. The van der Waals surface area contributed by atoms with Gasteiger partial charge in [-0.2, -0.15) is 0 Å². The van der Waals surface area contributed by atoms with Crippen molar-refractivity contribution < 1.29 is 0 Å². The molecule has 78 heavy (non-hydrogen) atoms. The maximum absolute atomic E-state index is 2.68. The van der Waals surface area contributed by atoms with Crippen LogP contribution in [0.15, 0.2) is 152 Å². The van der Waals surface area contributed by atoms with Gasteiger partial charge in [-0.05, 0) is 167 Å². The largest absolute Gasteiger partial charge is 0.311 e. The van der Waals surface area contributed by atoms with Crippen LogP contribution >= 0.6 is 11.3 Å². The Morgan fingerprint density at radius 3 is 1.41 bits per heavy atom. The molecule has 0 radical (unpaired) electrons. The summed E-state index contributed by atoms with van der Waals surface area (Å²) >= 11 is 2.02. The van der Waals surface area contributed by atoms with Crippen molar-refractivity contribution >= 4 is 99.8 Å². The Hall–Kier alpha value is -6.82. The van der Waals surface area contributed by atoms with Crippen molar-refractivity contribution in [3.63, 3.8) is 0 Å². The van der Waals surface area contributed by atoms with Crippen molar-refractivity contribution in [2.45, 2.75) is 150 Å². The standard InChI is InChI=1S/C73H76BN3S/c1-68(2,3)43-22-29-48(30-23-43)75-61-35-28-47(72(13,14)15)38-58(61)74-65-62(75)39-50(76-59-33-26-45(70(7,8)9)36-53(59)54-37-46(71(10,11)12)27-34-60(54)76)40-63(65)77(49-31-24-44(25-32-49)69(4,5)6)66-55-41-52-51-20-18-19-21-56(51)73(16,17)57(52)42-64(55)78-67(66)74/h18-42H,1-17H3. The molecule has 0 atom stereocenters. The first-order valence-corrected chi connectivity index (χ1v) is 29.3. The molecule has 8 aromatic carbocycles. The van der Waals surface area contributed by atoms with E-state index in [4.69, 9.17) is 0 Å². The maximum Gasteiger partial charge on any atom is 0.264 e. The van der Waals surface area contributed by atoms with Crippen LogP contribution in [0.2, 0.25) is 0 Å². The second-order valence-corrected chi connectivity index (χ2v) is 29.9. The van der Waals surface area contributed by atoms with Gasteiger partial charge in [0.05, 0.1) is 22.4 Å². The molecule has 0 amide bonds. The van der Waals surface area contributed by atoms with E-state index < -0.39 is 0 Å². The smallest absolute Gasteiger partial charge is 0.264 e. The van der Waals surface area contributed by atoms with Gasteiger partial charge in [0, 0.05) is 59.5 Å². The number of thiophene rings is 1. The monoisotopic (exact) mass is 1040 g/mol. The first kappa shape index (κ1) is 50.7. The van der Waals surface area contributed by atoms with Crippen LogP contribution in [0.3, 0.4) is 0 Å². The molecule has 3 nitrogen and oxygen atoms in total. The topological polar surface area (TPSA) is 11.4 Å². The van der Waals surface area contributed by atoms with E-state index in [9.17, 15) is 0 Å². The summed E-state index contributed by atoms with van der Waals surface area (Å²) < 4.78 is 5.33. The number of benzene rings is 8. The minimum atomic E-state index is -0.121. The highest BCUT2D eigenvalue weighted by molar-refractivity contribution is 7.33. The lowest BCUT2D eigenvalue weighted by Crippen LogP contribution is -2.60. The second-order valence-electron chi connectivity index (χ2n) is 28.8. The molecule has 5 heteroatoms. The fourth-order valence-electron chi connectivity index (χ4n) is 13.3. The third-order valence-corrected chi connectivity index (χ3v) is 19.2. The minimum absolute atomic E-state index is 0.000646. The molecule has 0 saturated carbocycles. The predicted octanol–water partition coefficient (Wildman–Crippen LogP) is 18.9. The van der Waals surface area contributed by atoms with Crippen molar-refractivity contribution in [2.24, 2.45) is 0 Å². The molecule has 0 bridgehead atoms. The summed E-state index contributed by atoms with van der Waals surface area (Å²) in [7, 11) is 0. The van der Waals surface area contributed by atoms with Crippen molar-refractivity contribution in [1.29, 1.82) is 0 Å². The molecule has 10 aromatic rings. The highest BCUT2D eigenvalue weighted by Gasteiger charge is 2.47. The molecular formula is C73H76BN3S. The lowest BCUT2D eigenvalue weighted by atomic mass is 9.36. The van der Waals surface area contributed by atoms with Gasteiger partial charge in [-0.1, -0.05) is 190 Å². The van der Waals surface area contributed by atoms with Gasteiger partial charge in [-0.15, -0.1) is 11.3 Å². The van der Waals surface area contributed by atoms with Gasteiger partial charge in [-0.3, -0.25) is 0 Å². The minimum Gasteiger partial charge on any atom is -0.311 e. The summed E-state index contributed by atoms with van der Waals surface area (Å²) in [6.45, 7) is 39.8. The molecule has 0 unspecified atom stereocenters. The average molecular weight is 1040 g/mol. The molecule has 0 saturated heterocycles. The third-order valence-electron chi connectivity index (χ3n) is 18.0. The molecular weight excluding hydrogens is 962 g/mol. The van der Waals surface area contributed by atoms with Gasteiger partial charge >= 0.3 is 0 Å². The predicted molar refractivity (Wildman–Crippen MR) is 341 cm³/mol. The number of fused-ring (bicyclic) bond motifs is 12. The number of rotatable bonds is 3. The molecule has 0 fully saturated rings. The number of anilines is 6. The van der Waals surface area contributed by atoms with E-state index in [1.807, 2.05) is 11.3 Å². The second kappa shape index (κ2) is 16.6. The zero-order valence-corrected chi connectivity index (χ0v) is 50.1. The number of hydrogen-bond donors (Lipinski definition) is 0. The van der Waals surface area contributed by atoms with Crippen LogP contribution in [0, 0.1) is 0 Å². The Morgan fingerprint density at radius 2 is 0.872 bits per heavy atom. The fraction of sp³-hybridized carbons (Fsp3) is 0.315. The molecule has 4 heterocycles. The maximum atomic E-state index is 2.68. The molecule has 0 spiro atoms. The first-order valence-electron chi connectivity index (χ1n) is 28.5. The molecule has 2 aliphatic heterocycles. The molecule has 0 N–H and O–H groups in total. The normalized spacial score (nSPS) is 15.0. The molecule has 3 aliphatic rings. The van der Waals surface area contributed by atoms with Crippen LogP contribution in [-0.4, -0.2) is 11.3 Å². The van der Waals surface area contributed by atoms with Crippen molar-refractivity contribution in [3.05, 3.63) is 191 Å². The summed E-state index contributed by atoms with van der Waals surface area (Å²) in [6.07, 6.45) is 0. The van der Waals surface area contributed by atoms with Crippen LogP contribution in [-0.2, 0) is 32.5 Å². The summed E-state index contributed by atoms with van der Waals surface area (Å²) in [4.78, 5) is 5.30. The summed E-state index contributed by atoms with van der Waals surface area (Å²) in [5, 5.41) is 3.90. The van der Waals surface area contributed by atoms with Gasteiger partial charge < -0.3 is 14.4 Å². The van der Waals surface area contributed by atoms with Gasteiger partial charge in [0.15, 0.2) is 0 Å². The van der Waals surface area contributed by atoms with Crippen LogP contribution in [0.25, 0.3) is 48.7 Å². The van der Waals surface area contributed by atoms with Gasteiger partial charge in [0.1, 0.15) is 0 Å². The quantitative estimate of drug-likeness (QED) is 0.163. The Balaban J connectivity index is 1.19. The summed E-state index contributed by atoms with van der Waals surface area (Å²) in [5.41, 5.74) is 25.6. The van der Waals surface area contributed by atoms with E-state index in [0.29, 0.717) is 0 Å². The lowest BCUT2D eigenvalue weighted by Gasteiger charge is -2.44. The van der Waals surface area contributed by atoms with E-state index in [1.165, 1.54) is 126 Å². The highest BCUT2D eigenvalue weighted by Crippen LogP contribution is 2.55. The van der Waals surface area contributed by atoms with E-state index in [2.05, 4.69) is 284 Å². The van der Waals surface area contributed by atoms with E-state index in [0.717, 1.165) is 11.4 Å². The van der Waals surface area contributed by atoms with Crippen LogP contribution < -0.4 is 25.5 Å². The fourth-order valence-corrected chi connectivity index (χ4v) is 14.6. The van der Waals surface area contributed by atoms with Gasteiger partial charge in [0.2, 0.25) is 0 Å². The van der Waals surface area contributed by atoms with Crippen LogP contribution in [0.5, 0.6) is 0 Å². The number of aromatic nitrogens is 1. The number of hydrogen-bond acceptors (Lipinski definition) is 3. The highest BCUT2D eigenvalue weighted by atomic mass is 32.1. The molecule has 13 rings (SSSR count). The van der Waals surface area contributed by atoms with Crippen molar-refractivity contribution in [3.8, 4) is 16.8 Å². The van der Waals surface area contributed by atoms with Gasteiger partial charge in [0.25, 0.3) is 6.71 Å². The molecule has 2 aromatic heterocycles. The van der Waals surface area contributed by atoms with Crippen LogP contribution in [0.4, 0.5) is 34.1 Å². The molecule has 392 valence electrons. The van der Waals surface area contributed by atoms with E-state index >= 15 is 0 Å². The zero-order valence-electron chi connectivity index (χ0n) is 49.3. The first-order chi connectivity index (χ1) is 36.6. The van der Waals surface area contributed by atoms with Crippen molar-refractivity contribution in [1.82, 2.24) is 4.57 Å². The Labute approximate surface area is 469 Å². The Morgan fingerprint density at radius 1 is 0.397 bits per heavy atom. The summed E-state index contributed by atoms with van der Waals surface area (Å²) in [5.74, 6) is 0. The molecule has 1 aliphatic carbocycles. The summed E-state index contributed by atoms with van der Waals surface area (Å²) in [6, 6.07) is 60.4. The van der Waals surface area contributed by atoms with Crippen LogP contribution in [0.1, 0.15) is 157 Å². The van der Waals surface area contributed by atoms with Crippen molar-refractivity contribution in [2.75, 3.05) is 9.80 Å². The van der Waals surface area contributed by atoms with E-state index in [-0.39, 0.29) is 39.2 Å². The zero-order chi connectivity index (χ0) is 55.1. The lowest BCUT2D eigenvalue weighted by molar-refractivity contribution is 0.590. The van der Waals surface area contributed by atoms with E-state index in [1.54, 1.807) is 0 Å².